The first kappa shape index (κ1) is 28.4. The van der Waals surface area contributed by atoms with Crippen LogP contribution in [0, 0.1) is 0 Å². The Morgan fingerprint density at radius 2 is 1.67 bits per heavy atom. The number of aryl methyl sites for hydroxylation is 1. The minimum Gasteiger partial charge on any atom is -0.478 e. The Hall–Kier alpha value is -4.72. The Balaban J connectivity index is 1.24. The summed E-state index contributed by atoms with van der Waals surface area (Å²) in [5, 5.41) is 16.3. The minimum absolute atomic E-state index is 0.227. The van der Waals surface area contributed by atoms with Crippen molar-refractivity contribution >= 4 is 40.4 Å². The fraction of sp³-hybridized carbons (Fsp3) is 0.314. The van der Waals surface area contributed by atoms with E-state index in [0.717, 1.165) is 23.1 Å². The second kappa shape index (κ2) is 11.5. The second-order valence-electron chi connectivity index (χ2n) is 11.9. The van der Waals surface area contributed by atoms with Gasteiger partial charge in [0, 0.05) is 52.7 Å². The van der Waals surface area contributed by atoms with E-state index in [1.54, 1.807) is 30.3 Å². The van der Waals surface area contributed by atoms with Crippen LogP contribution in [0.1, 0.15) is 79.3 Å². The van der Waals surface area contributed by atoms with Crippen molar-refractivity contribution in [3.8, 4) is 11.3 Å². The number of nitrogens with zero attached hydrogens (tertiary/aromatic N) is 2. The lowest BCUT2D eigenvalue weighted by atomic mass is 9.75. The van der Waals surface area contributed by atoms with Crippen molar-refractivity contribution in [2.75, 3.05) is 5.32 Å². The number of carboxylic acids is 1. The Morgan fingerprint density at radius 1 is 0.977 bits per heavy atom. The van der Waals surface area contributed by atoms with Crippen molar-refractivity contribution in [1.82, 2.24) is 14.9 Å². The van der Waals surface area contributed by atoms with Gasteiger partial charge >= 0.3 is 5.97 Å². The van der Waals surface area contributed by atoms with E-state index in [4.69, 9.17) is 5.11 Å². The minimum atomic E-state index is -0.977. The molecule has 43 heavy (non-hydrogen) atoms. The molecule has 2 heterocycles. The zero-order valence-electron chi connectivity index (χ0n) is 24.5. The summed E-state index contributed by atoms with van der Waals surface area (Å²) in [5.41, 5.74) is 5.73. The van der Waals surface area contributed by atoms with E-state index in [0.29, 0.717) is 30.0 Å². The largest absolute Gasteiger partial charge is 0.478 e. The molecule has 0 atom stereocenters. The van der Waals surface area contributed by atoms with Gasteiger partial charge in [-0.05, 0) is 98.5 Å². The van der Waals surface area contributed by atoms with E-state index < -0.39 is 11.5 Å². The van der Waals surface area contributed by atoms with Crippen molar-refractivity contribution in [3.05, 3.63) is 89.3 Å². The zero-order valence-corrected chi connectivity index (χ0v) is 24.5. The Kier molecular flexibility index (Phi) is 7.61. The first-order chi connectivity index (χ1) is 20.8. The summed E-state index contributed by atoms with van der Waals surface area (Å²) in [7, 11) is 2.06. The average molecular weight is 577 g/mol. The Labute approximate surface area is 250 Å². The van der Waals surface area contributed by atoms with E-state index in [2.05, 4.69) is 33.3 Å². The molecule has 0 spiro atoms. The lowest BCUT2D eigenvalue weighted by Gasteiger charge is -2.40. The summed E-state index contributed by atoms with van der Waals surface area (Å²) in [4.78, 5) is 42.4. The fourth-order valence-corrected chi connectivity index (χ4v) is 6.55. The molecule has 0 aliphatic heterocycles. The van der Waals surface area contributed by atoms with Crippen LogP contribution in [-0.2, 0) is 16.6 Å². The Bertz CT molecular complexity index is 1730. The summed E-state index contributed by atoms with van der Waals surface area (Å²) in [6.45, 7) is 1.53. The van der Waals surface area contributed by atoms with Crippen LogP contribution in [0.15, 0.2) is 72.6 Å². The van der Waals surface area contributed by atoms with Crippen LogP contribution < -0.4 is 10.6 Å². The maximum atomic E-state index is 13.6. The van der Waals surface area contributed by atoms with Crippen LogP contribution in [0.2, 0.25) is 0 Å². The quantitative estimate of drug-likeness (QED) is 0.203. The SMILES string of the molecule is C/C(=C\c1ccc(NC(=O)C2(NC(=O)c3ccc4c(C5CCCC5)c(-c5ccncc5)n(C)c4c3)CCC2)cc1)C(=O)O. The molecular formula is C35H36N4O4. The number of hydrogen-bond acceptors (Lipinski definition) is 4. The number of amides is 2. The lowest BCUT2D eigenvalue weighted by molar-refractivity contribution is -0.132. The average Bonchev–Trinajstić information content (AvgIpc) is 3.62. The monoisotopic (exact) mass is 576 g/mol. The van der Waals surface area contributed by atoms with Crippen LogP contribution in [-0.4, -0.2) is 38.0 Å². The van der Waals surface area contributed by atoms with Gasteiger partial charge in [-0.3, -0.25) is 14.6 Å². The number of carbonyl (C=O) groups excluding carboxylic acids is 2. The van der Waals surface area contributed by atoms with Gasteiger partial charge in [0.25, 0.3) is 5.91 Å². The van der Waals surface area contributed by atoms with Gasteiger partial charge in [-0.1, -0.05) is 31.0 Å². The molecule has 2 aliphatic carbocycles. The highest BCUT2D eigenvalue weighted by Crippen LogP contribution is 2.44. The van der Waals surface area contributed by atoms with E-state index in [-0.39, 0.29) is 17.4 Å². The normalized spacial score (nSPS) is 16.6. The third-order valence-electron chi connectivity index (χ3n) is 9.10. The van der Waals surface area contributed by atoms with Crippen LogP contribution in [0.3, 0.4) is 0 Å². The van der Waals surface area contributed by atoms with Gasteiger partial charge in [0.1, 0.15) is 5.54 Å². The van der Waals surface area contributed by atoms with Crippen LogP contribution in [0.5, 0.6) is 0 Å². The molecule has 4 aromatic rings. The molecule has 2 amide bonds. The third kappa shape index (κ3) is 5.45. The molecule has 2 aromatic heterocycles. The molecule has 3 N–H and O–H groups in total. The molecule has 0 unspecified atom stereocenters. The number of carboxylic acid groups (broad SMARTS) is 1. The molecule has 0 bridgehead atoms. The second-order valence-corrected chi connectivity index (χ2v) is 11.9. The van der Waals surface area contributed by atoms with Gasteiger partial charge < -0.3 is 20.3 Å². The fourth-order valence-electron chi connectivity index (χ4n) is 6.55. The molecule has 2 fully saturated rings. The molecule has 8 nitrogen and oxygen atoms in total. The molecular weight excluding hydrogens is 540 g/mol. The van der Waals surface area contributed by atoms with Gasteiger partial charge in [-0.2, -0.15) is 0 Å². The smallest absolute Gasteiger partial charge is 0.331 e. The van der Waals surface area contributed by atoms with Gasteiger partial charge in [-0.25, -0.2) is 4.79 Å². The van der Waals surface area contributed by atoms with Crippen molar-refractivity contribution < 1.29 is 19.5 Å². The molecule has 8 heteroatoms. The number of nitrogens with one attached hydrogen (secondary N) is 2. The van der Waals surface area contributed by atoms with E-state index >= 15 is 0 Å². The molecule has 2 aromatic carbocycles. The number of carbonyl (C=O) groups is 3. The molecule has 6 rings (SSSR count). The number of fused-ring (bicyclic) bond motifs is 1. The van der Waals surface area contributed by atoms with Crippen molar-refractivity contribution in [3.63, 3.8) is 0 Å². The van der Waals surface area contributed by atoms with Crippen molar-refractivity contribution in [2.24, 2.45) is 7.05 Å². The number of pyridine rings is 1. The maximum Gasteiger partial charge on any atom is 0.331 e. The number of hydrogen-bond donors (Lipinski definition) is 3. The molecule has 2 aliphatic rings. The number of aromatic nitrogens is 2. The standard InChI is InChI=1S/C35H36N4O4/c1-22(33(41)42)20-23-8-11-27(12-9-23)37-34(43)35(16-5-17-35)38-32(40)26-10-13-28-29(21-26)39(2)31(25-14-18-36-19-15-25)30(28)24-6-3-4-7-24/h8-15,18-21,24H,3-7,16-17H2,1-2H3,(H,37,43)(H,38,40)(H,41,42)/b22-20+. The van der Waals surface area contributed by atoms with Gasteiger partial charge in [0.2, 0.25) is 5.91 Å². The topological polar surface area (TPSA) is 113 Å². The highest BCUT2D eigenvalue weighted by Gasteiger charge is 2.45. The van der Waals surface area contributed by atoms with Gasteiger partial charge in [0.15, 0.2) is 0 Å². The predicted molar refractivity (Wildman–Crippen MR) is 168 cm³/mol. The van der Waals surface area contributed by atoms with E-state index in [9.17, 15) is 14.4 Å². The number of benzene rings is 2. The van der Waals surface area contributed by atoms with Crippen LogP contribution in [0.25, 0.3) is 28.2 Å². The first-order valence-electron chi connectivity index (χ1n) is 14.9. The summed E-state index contributed by atoms with van der Waals surface area (Å²) in [6, 6.07) is 17.0. The zero-order chi connectivity index (χ0) is 30.1. The summed E-state index contributed by atoms with van der Waals surface area (Å²) in [5.74, 6) is -1.01. The van der Waals surface area contributed by atoms with E-state index in [1.165, 1.54) is 49.3 Å². The maximum absolute atomic E-state index is 13.6. The van der Waals surface area contributed by atoms with Crippen LogP contribution in [0.4, 0.5) is 5.69 Å². The lowest BCUT2D eigenvalue weighted by Crippen LogP contribution is -2.61. The summed E-state index contributed by atoms with van der Waals surface area (Å²) in [6.07, 6.45) is 12.0. The highest BCUT2D eigenvalue weighted by atomic mass is 16.4. The first-order valence-corrected chi connectivity index (χ1v) is 14.9. The van der Waals surface area contributed by atoms with Crippen molar-refractivity contribution in [2.45, 2.75) is 63.3 Å². The van der Waals surface area contributed by atoms with Crippen molar-refractivity contribution in [1.29, 1.82) is 0 Å². The third-order valence-corrected chi connectivity index (χ3v) is 9.10. The van der Waals surface area contributed by atoms with Crippen LogP contribution >= 0.6 is 0 Å². The van der Waals surface area contributed by atoms with Gasteiger partial charge in [-0.15, -0.1) is 0 Å². The van der Waals surface area contributed by atoms with E-state index in [1.807, 2.05) is 36.7 Å². The molecule has 2 saturated carbocycles. The number of rotatable bonds is 8. The summed E-state index contributed by atoms with van der Waals surface area (Å²) < 4.78 is 2.19. The van der Waals surface area contributed by atoms with Gasteiger partial charge in [0.05, 0.1) is 5.69 Å². The molecule has 220 valence electrons. The number of aliphatic carboxylic acids is 1. The molecule has 0 saturated heterocycles. The predicted octanol–water partition coefficient (Wildman–Crippen LogP) is 6.68. The molecule has 0 radical (unpaired) electrons. The number of anilines is 1. The summed E-state index contributed by atoms with van der Waals surface area (Å²) >= 11 is 0. The highest BCUT2D eigenvalue weighted by molar-refractivity contribution is 6.06. The Morgan fingerprint density at radius 3 is 2.30 bits per heavy atom.